The first kappa shape index (κ1) is 12.8. The molecule has 3 atom stereocenters. The van der Waals surface area contributed by atoms with E-state index in [4.69, 9.17) is 0 Å². The minimum Gasteiger partial charge on any atom is -0.395 e. The molecular formula is C14H22O3. The molecule has 3 nitrogen and oxygen atoms in total. The normalized spacial score (nSPS) is 40.7. The monoisotopic (exact) mass is 238 g/mol. The lowest BCUT2D eigenvalue weighted by Gasteiger charge is -2.32. The van der Waals surface area contributed by atoms with Crippen LogP contribution in [-0.2, 0) is 4.79 Å². The molecule has 0 aromatic heterocycles. The fourth-order valence-electron chi connectivity index (χ4n) is 3.81. The maximum Gasteiger partial charge on any atom is 0.162 e. The van der Waals surface area contributed by atoms with Gasteiger partial charge in [-0.05, 0) is 23.8 Å². The number of ketones is 1. The van der Waals surface area contributed by atoms with Gasteiger partial charge in [0.25, 0.3) is 0 Å². The molecule has 3 heteroatoms. The predicted octanol–water partition coefficient (Wildman–Crippen LogP) is 1.68. The van der Waals surface area contributed by atoms with Crippen molar-refractivity contribution < 1.29 is 15.0 Å². The largest absolute Gasteiger partial charge is 0.395 e. The molecule has 0 heterocycles. The Morgan fingerprint density at radius 3 is 2.47 bits per heavy atom. The van der Waals surface area contributed by atoms with Crippen molar-refractivity contribution in [2.75, 3.05) is 6.61 Å². The molecule has 0 saturated carbocycles. The maximum atomic E-state index is 12.3. The third-order valence-corrected chi connectivity index (χ3v) is 4.39. The minimum absolute atomic E-state index is 0.0273. The van der Waals surface area contributed by atoms with E-state index in [1.165, 1.54) is 0 Å². The lowest BCUT2D eigenvalue weighted by atomic mass is 9.74. The predicted molar refractivity (Wildman–Crippen MR) is 65.4 cm³/mol. The highest BCUT2D eigenvalue weighted by Crippen LogP contribution is 2.56. The molecular weight excluding hydrogens is 216 g/mol. The molecule has 2 aliphatic rings. The molecule has 0 amide bonds. The van der Waals surface area contributed by atoms with Crippen LogP contribution in [0.25, 0.3) is 0 Å². The molecule has 0 bridgehead atoms. The van der Waals surface area contributed by atoms with Crippen LogP contribution >= 0.6 is 0 Å². The lowest BCUT2D eigenvalue weighted by Crippen LogP contribution is -2.35. The van der Waals surface area contributed by atoms with Gasteiger partial charge >= 0.3 is 0 Å². The van der Waals surface area contributed by atoms with Gasteiger partial charge in [-0.25, -0.2) is 0 Å². The molecule has 17 heavy (non-hydrogen) atoms. The molecule has 0 saturated heterocycles. The number of hydrogen-bond donors (Lipinski definition) is 2. The van der Waals surface area contributed by atoms with Crippen molar-refractivity contribution in [2.24, 2.45) is 16.7 Å². The number of aliphatic hydroxyl groups is 2. The standard InChI is InChI=1S/C14H22O3/c1-8-5-9(16)10-11(12(8)17)14(4,7-15)6-13(10,2)3/h8-9,15-16H,5-7H2,1-4H3/t8-,9+,14-/m1/s1. The third-order valence-electron chi connectivity index (χ3n) is 4.39. The van der Waals surface area contributed by atoms with Crippen molar-refractivity contribution in [1.82, 2.24) is 0 Å². The summed E-state index contributed by atoms with van der Waals surface area (Å²) in [4.78, 5) is 12.3. The smallest absolute Gasteiger partial charge is 0.162 e. The summed E-state index contributed by atoms with van der Waals surface area (Å²) in [7, 11) is 0. The number of aliphatic hydroxyl groups excluding tert-OH is 2. The minimum atomic E-state index is -0.527. The van der Waals surface area contributed by atoms with E-state index in [0.717, 1.165) is 12.0 Å². The van der Waals surface area contributed by atoms with E-state index in [0.29, 0.717) is 12.0 Å². The molecule has 2 rings (SSSR count). The SMILES string of the molecule is C[C@@H]1C[C@H](O)C2=C(C1=O)[C@@](C)(CO)CC2(C)C. The van der Waals surface area contributed by atoms with E-state index in [1.54, 1.807) is 0 Å². The second-order valence-electron chi connectivity index (χ2n) is 6.58. The number of carbonyl (C=O) groups is 1. The summed E-state index contributed by atoms with van der Waals surface area (Å²) in [5.74, 6) is -0.0176. The van der Waals surface area contributed by atoms with Crippen LogP contribution in [0.15, 0.2) is 11.1 Å². The molecule has 0 radical (unpaired) electrons. The summed E-state index contributed by atoms with van der Waals surface area (Å²) in [6.45, 7) is 7.87. The highest BCUT2D eigenvalue weighted by Gasteiger charge is 2.53. The number of carbonyl (C=O) groups excluding carboxylic acids is 1. The second kappa shape index (κ2) is 3.66. The molecule has 0 spiro atoms. The van der Waals surface area contributed by atoms with Crippen LogP contribution in [0.2, 0.25) is 0 Å². The lowest BCUT2D eigenvalue weighted by molar-refractivity contribution is -0.121. The van der Waals surface area contributed by atoms with E-state index in [-0.39, 0.29) is 23.7 Å². The van der Waals surface area contributed by atoms with E-state index in [9.17, 15) is 15.0 Å². The first-order valence-electron chi connectivity index (χ1n) is 6.31. The fraction of sp³-hybridized carbons (Fsp3) is 0.786. The fourth-order valence-corrected chi connectivity index (χ4v) is 3.81. The summed E-state index contributed by atoms with van der Waals surface area (Å²) in [5.41, 5.74) is 0.904. The van der Waals surface area contributed by atoms with Gasteiger partial charge in [-0.1, -0.05) is 27.7 Å². The topological polar surface area (TPSA) is 57.5 Å². The Balaban J connectivity index is 2.61. The van der Waals surface area contributed by atoms with Gasteiger partial charge in [0.15, 0.2) is 5.78 Å². The Hall–Kier alpha value is -0.670. The van der Waals surface area contributed by atoms with Crippen LogP contribution < -0.4 is 0 Å². The zero-order valence-corrected chi connectivity index (χ0v) is 11.1. The third kappa shape index (κ3) is 1.67. The van der Waals surface area contributed by atoms with Crippen LogP contribution in [0.4, 0.5) is 0 Å². The number of rotatable bonds is 1. The first-order valence-corrected chi connectivity index (χ1v) is 6.31. The Labute approximate surface area is 103 Å². The van der Waals surface area contributed by atoms with Crippen LogP contribution in [0.5, 0.6) is 0 Å². The van der Waals surface area contributed by atoms with Gasteiger partial charge in [0.1, 0.15) is 0 Å². The van der Waals surface area contributed by atoms with Crippen molar-refractivity contribution in [2.45, 2.75) is 46.6 Å². The number of hydrogen-bond acceptors (Lipinski definition) is 3. The Morgan fingerprint density at radius 2 is 1.94 bits per heavy atom. The van der Waals surface area contributed by atoms with Crippen LogP contribution in [0.3, 0.4) is 0 Å². The second-order valence-corrected chi connectivity index (χ2v) is 6.58. The molecule has 2 N–H and O–H groups in total. The van der Waals surface area contributed by atoms with Gasteiger partial charge in [0.2, 0.25) is 0 Å². The zero-order valence-electron chi connectivity index (χ0n) is 11.1. The van der Waals surface area contributed by atoms with Gasteiger partial charge in [-0.2, -0.15) is 0 Å². The van der Waals surface area contributed by atoms with Crippen LogP contribution in [0, 0.1) is 16.7 Å². The molecule has 0 aromatic carbocycles. The molecule has 0 fully saturated rings. The average Bonchev–Trinajstić information content (AvgIpc) is 2.43. The van der Waals surface area contributed by atoms with E-state index in [2.05, 4.69) is 13.8 Å². The average molecular weight is 238 g/mol. The van der Waals surface area contributed by atoms with Gasteiger partial charge in [0, 0.05) is 16.9 Å². The van der Waals surface area contributed by atoms with E-state index < -0.39 is 11.5 Å². The summed E-state index contributed by atoms with van der Waals surface area (Å²) in [6, 6.07) is 0. The van der Waals surface area contributed by atoms with Crippen molar-refractivity contribution >= 4 is 5.78 Å². The molecule has 2 aliphatic carbocycles. The van der Waals surface area contributed by atoms with Crippen LogP contribution in [-0.4, -0.2) is 28.7 Å². The summed E-state index contributed by atoms with van der Waals surface area (Å²) < 4.78 is 0. The molecule has 96 valence electrons. The highest BCUT2D eigenvalue weighted by atomic mass is 16.3. The van der Waals surface area contributed by atoms with Gasteiger partial charge in [-0.15, -0.1) is 0 Å². The summed E-state index contributed by atoms with van der Waals surface area (Å²) >= 11 is 0. The molecule has 0 unspecified atom stereocenters. The zero-order chi connectivity index (χ0) is 13.0. The molecule has 0 aromatic rings. The van der Waals surface area contributed by atoms with Gasteiger partial charge < -0.3 is 10.2 Å². The number of Topliss-reactive ketones (excluding diaryl/α,β-unsaturated/α-hetero) is 1. The first-order chi connectivity index (χ1) is 7.73. The Morgan fingerprint density at radius 1 is 1.35 bits per heavy atom. The van der Waals surface area contributed by atoms with Gasteiger partial charge in [-0.3, -0.25) is 4.79 Å². The summed E-state index contributed by atoms with van der Waals surface area (Å²) in [5, 5.41) is 19.9. The van der Waals surface area contributed by atoms with Gasteiger partial charge in [0.05, 0.1) is 12.7 Å². The van der Waals surface area contributed by atoms with E-state index in [1.807, 2.05) is 13.8 Å². The van der Waals surface area contributed by atoms with Crippen molar-refractivity contribution in [3.05, 3.63) is 11.1 Å². The Bertz CT molecular complexity index is 394. The highest BCUT2D eigenvalue weighted by molar-refractivity contribution is 6.01. The molecule has 0 aliphatic heterocycles. The summed E-state index contributed by atoms with van der Waals surface area (Å²) in [6.07, 6.45) is 0.723. The quantitative estimate of drug-likeness (QED) is 0.730. The van der Waals surface area contributed by atoms with Crippen molar-refractivity contribution in [1.29, 1.82) is 0 Å². The van der Waals surface area contributed by atoms with Crippen LogP contribution in [0.1, 0.15) is 40.5 Å². The Kier molecular flexibility index (Phi) is 2.75. The van der Waals surface area contributed by atoms with Crippen molar-refractivity contribution in [3.63, 3.8) is 0 Å². The van der Waals surface area contributed by atoms with Crippen molar-refractivity contribution in [3.8, 4) is 0 Å². The van der Waals surface area contributed by atoms with E-state index >= 15 is 0 Å². The maximum absolute atomic E-state index is 12.3.